The fourth-order valence-electron chi connectivity index (χ4n) is 1.56. The first-order valence-corrected chi connectivity index (χ1v) is 4.75. The van der Waals surface area contributed by atoms with Gasteiger partial charge in [0.05, 0.1) is 12.1 Å². The molecule has 0 aliphatic carbocycles. The van der Waals surface area contributed by atoms with E-state index in [1.165, 1.54) is 25.3 Å². The summed E-state index contributed by atoms with van der Waals surface area (Å²) in [6.07, 6.45) is -0.304. The van der Waals surface area contributed by atoms with Crippen molar-refractivity contribution in [2.45, 2.75) is 19.1 Å². The van der Waals surface area contributed by atoms with E-state index in [9.17, 15) is 8.78 Å². The number of halogens is 2. The molecular weight excluding hydrogens is 200 g/mol. The van der Waals surface area contributed by atoms with Gasteiger partial charge in [0.15, 0.2) is 0 Å². The van der Waals surface area contributed by atoms with Crippen molar-refractivity contribution in [1.82, 2.24) is 5.32 Å². The largest absolute Gasteiger partial charge is 0.380 e. The van der Waals surface area contributed by atoms with E-state index in [2.05, 4.69) is 5.32 Å². The number of rotatable bonds is 4. The van der Waals surface area contributed by atoms with Gasteiger partial charge in [0.25, 0.3) is 0 Å². The van der Waals surface area contributed by atoms with Gasteiger partial charge >= 0.3 is 0 Å². The van der Waals surface area contributed by atoms with Crippen molar-refractivity contribution in [1.29, 1.82) is 0 Å². The SMILES string of the molecule is CNC(c1c(F)cccc1F)C(C)OC. The van der Waals surface area contributed by atoms with Crippen LogP contribution in [0, 0.1) is 11.6 Å². The van der Waals surface area contributed by atoms with Gasteiger partial charge < -0.3 is 10.1 Å². The van der Waals surface area contributed by atoms with Gasteiger partial charge in [0.1, 0.15) is 11.6 Å². The molecule has 2 unspecified atom stereocenters. The molecule has 0 fully saturated rings. The lowest BCUT2D eigenvalue weighted by Gasteiger charge is -2.23. The molecule has 0 aliphatic heterocycles. The highest BCUT2D eigenvalue weighted by Crippen LogP contribution is 2.24. The number of likely N-dealkylation sites (N-methyl/N-ethyl adjacent to an activating group) is 1. The molecule has 0 aliphatic rings. The molecule has 0 bridgehead atoms. The molecule has 15 heavy (non-hydrogen) atoms. The van der Waals surface area contributed by atoms with Crippen LogP contribution < -0.4 is 5.32 Å². The molecule has 0 aromatic heterocycles. The summed E-state index contributed by atoms with van der Waals surface area (Å²) in [6, 6.07) is 3.34. The molecule has 1 aromatic carbocycles. The molecule has 2 atom stereocenters. The summed E-state index contributed by atoms with van der Waals surface area (Å²) in [5, 5.41) is 2.85. The maximum atomic E-state index is 13.4. The van der Waals surface area contributed by atoms with E-state index < -0.39 is 17.7 Å². The van der Waals surface area contributed by atoms with Crippen molar-refractivity contribution in [2.24, 2.45) is 0 Å². The van der Waals surface area contributed by atoms with E-state index in [1.54, 1.807) is 14.0 Å². The summed E-state index contributed by atoms with van der Waals surface area (Å²) >= 11 is 0. The molecule has 1 aromatic rings. The average molecular weight is 215 g/mol. The predicted octanol–water partition coefficient (Wildman–Crippen LogP) is 2.26. The molecule has 0 radical (unpaired) electrons. The summed E-state index contributed by atoms with van der Waals surface area (Å²) in [4.78, 5) is 0. The molecule has 1 N–H and O–H groups in total. The summed E-state index contributed by atoms with van der Waals surface area (Å²) < 4.78 is 32.0. The van der Waals surface area contributed by atoms with Crippen LogP contribution >= 0.6 is 0 Å². The van der Waals surface area contributed by atoms with Gasteiger partial charge in [-0.05, 0) is 26.1 Å². The predicted molar refractivity (Wildman–Crippen MR) is 54.6 cm³/mol. The van der Waals surface area contributed by atoms with Crippen molar-refractivity contribution < 1.29 is 13.5 Å². The average Bonchev–Trinajstić information content (AvgIpc) is 2.22. The van der Waals surface area contributed by atoms with Crippen LogP contribution in [0.1, 0.15) is 18.5 Å². The van der Waals surface area contributed by atoms with Crippen molar-refractivity contribution in [3.63, 3.8) is 0 Å². The van der Waals surface area contributed by atoms with E-state index >= 15 is 0 Å². The quantitative estimate of drug-likeness (QED) is 0.831. The van der Waals surface area contributed by atoms with Crippen LogP contribution in [0.4, 0.5) is 8.78 Å². The third-order valence-corrected chi connectivity index (χ3v) is 2.46. The van der Waals surface area contributed by atoms with E-state index in [0.29, 0.717) is 0 Å². The fourth-order valence-corrected chi connectivity index (χ4v) is 1.56. The number of nitrogens with one attached hydrogen (secondary N) is 1. The van der Waals surface area contributed by atoms with Crippen molar-refractivity contribution in [3.05, 3.63) is 35.4 Å². The van der Waals surface area contributed by atoms with Crippen LogP contribution in [0.2, 0.25) is 0 Å². The van der Waals surface area contributed by atoms with Gasteiger partial charge in [-0.2, -0.15) is 0 Å². The van der Waals surface area contributed by atoms with Gasteiger partial charge in [-0.15, -0.1) is 0 Å². The molecule has 0 spiro atoms. The van der Waals surface area contributed by atoms with Crippen molar-refractivity contribution >= 4 is 0 Å². The van der Waals surface area contributed by atoms with Crippen LogP contribution in [-0.4, -0.2) is 20.3 Å². The first-order chi connectivity index (χ1) is 7.11. The number of hydrogen-bond donors (Lipinski definition) is 1. The summed E-state index contributed by atoms with van der Waals surface area (Å²) in [5.41, 5.74) is 0.0225. The fraction of sp³-hybridized carbons (Fsp3) is 0.455. The summed E-state index contributed by atoms with van der Waals surface area (Å²) in [5.74, 6) is -1.11. The zero-order valence-electron chi connectivity index (χ0n) is 9.05. The van der Waals surface area contributed by atoms with Gasteiger partial charge in [0, 0.05) is 12.7 Å². The highest BCUT2D eigenvalue weighted by atomic mass is 19.1. The third kappa shape index (κ3) is 2.52. The lowest BCUT2D eigenvalue weighted by Crippen LogP contribution is -2.30. The minimum absolute atomic E-state index is 0.0225. The zero-order chi connectivity index (χ0) is 11.4. The van der Waals surface area contributed by atoms with Crippen LogP contribution in [-0.2, 0) is 4.74 Å². The molecule has 84 valence electrons. The highest BCUT2D eigenvalue weighted by molar-refractivity contribution is 5.24. The second kappa shape index (κ2) is 5.19. The monoisotopic (exact) mass is 215 g/mol. The summed E-state index contributed by atoms with van der Waals surface area (Å²) in [6.45, 7) is 1.76. The second-order valence-corrected chi connectivity index (χ2v) is 3.34. The van der Waals surface area contributed by atoms with Gasteiger partial charge in [-0.1, -0.05) is 6.07 Å². The van der Waals surface area contributed by atoms with Gasteiger partial charge in [-0.3, -0.25) is 0 Å². The number of hydrogen-bond acceptors (Lipinski definition) is 2. The molecule has 0 saturated carbocycles. The van der Waals surface area contributed by atoms with Crippen molar-refractivity contribution in [3.8, 4) is 0 Å². The molecule has 0 heterocycles. The van der Waals surface area contributed by atoms with Gasteiger partial charge in [-0.25, -0.2) is 8.78 Å². The second-order valence-electron chi connectivity index (χ2n) is 3.34. The molecular formula is C11H15F2NO. The number of benzene rings is 1. The summed E-state index contributed by atoms with van der Waals surface area (Å²) in [7, 11) is 3.15. The Bertz CT molecular complexity index is 310. The van der Waals surface area contributed by atoms with Gasteiger partial charge in [0.2, 0.25) is 0 Å². The normalized spacial score (nSPS) is 15.0. The Morgan fingerprint density at radius 3 is 2.20 bits per heavy atom. The highest BCUT2D eigenvalue weighted by Gasteiger charge is 2.23. The van der Waals surface area contributed by atoms with Crippen molar-refractivity contribution in [2.75, 3.05) is 14.2 Å². The Kier molecular flexibility index (Phi) is 4.17. The van der Waals surface area contributed by atoms with Crippen LogP contribution in [0.3, 0.4) is 0 Å². The Hall–Kier alpha value is -1.00. The lowest BCUT2D eigenvalue weighted by atomic mass is 10.0. The Morgan fingerprint density at radius 1 is 1.27 bits per heavy atom. The van der Waals surface area contributed by atoms with E-state index in [4.69, 9.17) is 4.74 Å². The lowest BCUT2D eigenvalue weighted by molar-refractivity contribution is 0.0831. The minimum atomic E-state index is -0.557. The molecule has 1 rings (SSSR count). The maximum Gasteiger partial charge on any atom is 0.131 e. The van der Waals surface area contributed by atoms with E-state index in [-0.39, 0.29) is 11.7 Å². The Morgan fingerprint density at radius 2 is 1.80 bits per heavy atom. The third-order valence-electron chi connectivity index (χ3n) is 2.46. The first kappa shape index (κ1) is 12.1. The number of methoxy groups -OCH3 is 1. The minimum Gasteiger partial charge on any atom is -0.380 e. The topological polar surface area (TPSA) is 21.3 Å². The smallest absolute Gasteiger partial charge is 0.131 e. The van der Waals surface area contributed by atoms with E-state index in [1.807, 2.05) is 0 Å². The number of ether oxygens (including phenoxy) is 1. The molecule has 2 nitrogen and oxygen atoms in total. The molecule has 4 heteroatoms. The molecule has 0 saturated heterocycles. The Labute approximate surface area is 88.3 Å². The molecule has 0 amide bonds. The Balaban J connectivity index is 3.11. The zero-order valence-corrected chi connectivity index (χ0v) is 9.05. The van der Waals surface area contributed by atoms with E-state index in [0.717, 1.165) is 0 Å². The maximum absolute atomic E-state index is 13.4. The van der Waals surface area contributed by atoms with Crippen LogP contribution in [0.5, 0.6) is 0 Å². The standard InChI is InChI=1S/C11H15F2NO/c1-7(15-3)11(14-2)10-8(12)5-4-6-9(10)13/h4-7,11,14H,1-3H3. The van der Waals surface area contributed by atoms with Crippen LogP contribution in [0.15, 0.2) is 18.2 Å². The van der Waals surface area contributed by atoms with Crippen LogP contribution in [0.25, 0.3) is 0 Å². The first-order valence-electron chi connectivity index (χ1n) is 4.75.